The summed E-state index contributed by atoms with van der Waals surface area (Å²) >= 11 is 3.15. The maximum Gasteiger partial charge on any atom is 0.357 e. The smallest absolute Gasteiger partial charge is 0.357 e. The molecule has 2 rings (SSSR count). The molecule has 1 aromatic heterocycles. The van der Waals surface area contributed by atoms with Gasteiger partial charge in [0.2, 0.25) is 0 Å². The largest absolute Gasteiger partial charge is 0.496 e. The first-order chi connectivity index (χ1) is 8.95. The Labute approximate surface area is 116 Å². The Morgan fingerprint density at radius 2 is 2.21 bits per heavy atom. The van der Waals surface area contributed by atoms with Crippen LogP contribution < -0.4 is 4.74 Å². The fourth-order valence-corrected chi connectivity index (χ4v) is 2.14. The van der Waals surface area contributed by atoms with Crippen LogP contribution in [0.1, 0.15) is 10.5 Å². The maximum atomic E-state index is 13.3. The summed E-state index contributed by atoms with van der Waals surface area (Å²) in [6, 6.07) is 3.98. The standard InChI is InChI=1S/C12H10BrFN2O3/c1-16-10(13)9(12(17)18)15-11(16)7-5-6(14)3-4-8(7)19-2/h3-5H,1-2H3,(H,17,18). The first-order valence-electron chi connectivity index (χ1n) is 5.25. The van der Waals surface area contributed by atoms with Gasteiger partial charge in [-0.15, -0.1) is 0 Å². The number of ether oxygens (including phenoxy) is 1. The van der Waals surface area contributed by atoms with Crippen molar-refractivity contribution in [2.24, 2.45) is 7.05 Å². The first kappa shape index (κ1) is 13.5. The fourth-order valence-electron chi connectivity index (χ4n) is 1.71. The van der Waals surface area contributed by atoms with Crippen molar-refractivity contribution in [3.05, 3.63) is 34.3 Å². The van der Waals surface area contributed by atoms with Gasteiger partial charge in [-0.05, 0) is 34.1 Å². The Morgan fingerprint density at radius 3 is 2.74 bits per heavy atom. The number of methoxy groups -OCH3 is 1. The monoisotopic (exact) mass is 328 g/mol. The number of carboxylic acid groups (broad SMARTS) is 1. The number of benzene rings is 1. The normalized spacial score (nSPS) is 10.5. The molecule has 0 aliphatic rings. The second-order valence-corrected chi connectivity index (χ2v) is 4.53. The summed E-state index contributed by atoms with van der Waals surface area (Å²) < 4.78 is 20.3. The number of carbonyl (C=O) groups is 1. The zero-order chi connectivity index (χ0) is 14.2. The minimum Gasteiger partial charge on any atom is -0.496 e. The molecule has 2 aromatic rings. The quantitative estimate of drug-likeness (QED) is 0.940. The van der Waals surface area contributed by atoms with Gasteiger partial charge >= 0.3 is 5.97 Å². The van der Waals surface area contributed by atoms with Crippen LogP contribution in [0, 0.1) is 5.82 Å². The van der Waals surface area contributed by atoms with E-state index in [1.54, 1.807) is 7.05 Å². The predicted octanol–water partition coefficient (Wildman–Crippen LogP) is 2.70. The zero-order valence-electron chi connectivity index (χ0n) is 10.1. The van der Waals surface area contributed by atoms with Gasteiger partial charge < -0.3 is 14.4 Å². The molecule has 0 fully saturated rings. The lowest BCUT2D eigenvalue weighted by atomic mass is 10.2. The topological polar surface area (TPSA) is 64.3 Å². The van der Waals surface area contributed by atoms with E-state index in [4.69, 9.17) is 9.84 Å². The van der Waals surface area contributed by atoms with E-state index in [1.807, 2.05) is 0 Å². The third-order valence-electron chi connectivity index (χ3n) is 2.63. The molecule has 0 unspecified atom stereocenters. The summed E-state index contributed by atoms with van der Waals surface area (Å²) in [6.07, 6.45) is 0. The number of halogens is 2. The molecule has 0 aliphatic heterocycles. The van der Waals surface area contributed by atoms with Gasteiger partial charge in [0.05, 0.1) is 12.7 Å². The molecule has 0 bridgehead atoms. The minimum atomic E-state index is -1.16. The van der Waals surface area contributed by atoms with Crippen molar-refractivity contribution in [3.8, 4) is 17.1 Å². The molecule has 0 aliphatic carbocycles. The highest BCUT2D eigenvalue weighted by molar-refractivity contribution is 9.10. The molecule has 1 heterocycles. The molecule has 5 nitrogen and oxygen atoms in total. The molecule has 19 heavy (non-hydrogen) atoms. The van der Waals surface area contributed by atoms with Gasteiger partial charge in [-0.25, -0.2) is 14.2 Å². The molecule has 0 radical (unpaired) electrons. The van der Waals surface area contributed by atoms with Crippen molar-refractivity contribution < 1.29 is 19.0 Å². The lowest BCUT2D eigenvalue weighted by molar-refractivity contribution is 0.0690. The second kappa shape index (κ2) is 5.00. The number of imidazole rings is 1. The van der Waals surface area contributed by atoms with Crippen LogP contribution in [0.5, 0.6) is 5.75 Å². The van der Waals surface area contributed by atoms with E-state index in [1.165, 1.54) is 29.9 Å². The fraction of sp³-hybridized carbons (Fsp3) is 0.167. The number of aromatic carboxylic acids is 1. The van der Waals surface area contributed by atoms with Crippen molar-refractivity contribution in [1.29, 1.82) is 0 Å². The maximum absolute atomic E-state index is 13.3. The van der Waals surface area contributed by atoms with Gasteiger partial charge in [0.25, 0.3) is 0 Å². The van der Waals surface area contributed by atoms with E-state index in [0.29, 0.717) is 21.7 Å². The van der Waals surface area contributed by atoms with Crippen LogP contribution in [0.25, 0.3) is 11.4 Å². The van der Waals surface area contributed by atoms with Crippen LogP contribution >= 0.6 is 15.9 Å². The predicted molar refractivity (Wildman–Crippen MR) is 69.8 cm³/mol. The van der Waals surface area contributed by atoms with Gasteiger partial charge in [-0.2, -0.15) is 0 Å². The molecule has 7 heteroatoms. The van der Waals surface area contributed by atoms with E-state index in [0.717, 1.165) is 0 Å². The number of hydrogen-bond donors (Lipinski definition) is 1. The molecule has 0 saturated heterocycles. The van der Waals surface area contributed by atoms with Gasteiger partial charge in [0.15, 0.2) is 5.69 Å². The van der Waals surface area contributed by atoms with E-state index < -0.39 is 11.8 Å². The highest BCUT2D eigenvalue weighted by Crippen LogP contribution is 2.32. The molecule has 0 amide bonds. The van der Waals surface area contributed by atoms with Gasteiger partial charge in [0, 0.05) is 7.05 Å². The number of hydrogen-bond acceptors (Lipinski definition) is 3. The van der Waals surface area contributed by atoms with Crippen LogP contribution in [0.15, 0.2) is 22.8 Å². The van der Waals surface area contributed by atoms with Crippen LogP contribution in [-0.2, 0) is 7.05 Å². The van der Waals surface area contributed by atoms with Crippen LogP contribution in [0.3, 0.4) is 0 Å². The Morgan fingerprint density at radius 1 is 1.53 bits per heavy atom. The van der Waals surface area contributed by atoms with Crippen molar-refractivity contribution in [3.63, 3.8) is 0 Å². The second-order valence-electron chi connectivity index (χ2n) is 3.78. The highest BCUT2D eigenvalue weighted by Gasteiger charge is 2.21. The van der Waals surface area contributed by atoms with Crippen LogP contribution in [-0.4, -0.2) is 27.7 Å². The molecule has 0 atom stereocenters. The van der Waals surface area contributed by atoms with Crippen LogP contribution in [0.4, 0.5) is 4.39 Å². The zero-order valence-corrected chi connectivity index (χ0v) is 11.7. The number of rotatable bonds is 3. The summed E-state index contributed by atoms with van der Waals surface area (Å²) in [5.41, 5.74) is 0.252. The Hall–Kier alpha value is -1.89. The summed E-state index contributed by atoms with van der Waals surface area (Å²) in [5, 5.41) is 9.02. The van der Waals surface area contributed by atoms with E-state index in [9.17, 15) is 9.18 Å². The molecular formula is C12H10BrFN2O3. The molecule has 0 saturated carbocycles. The van der Waals surface area contributed by atoms with Crippen molar-refractivity contribution in [2.45, 2.75) is 0 Å². The number of nitrogens with zero attached hydrogens (tertiary/aromatic N) is 2. The molecule has 0 spiro atoms. The van der Waals surface area contributed by atoms with Crippen molar-refractivity contribution in [2.75, 3.05) is 7.11 Å². The Balaban J connectivity index is 2.69. The highest BCUT2D eigenvalue weighted by atomic mass is 79.9. The van der Waals surface area contributed by atoms with Crippen molar-refractivity contribution in [1.82, 2.24) is 9.55 Å². The van der Waals surface area contributed by atoms with E-state index in [2.05, 4.69) is 20.9 Å². The van der Waals surface area contributed by atoms with Gasteiger partial charge in [-0.3, -0.25) is 0 Å². The third kappa shape index (κ3) is 2.33. The minimum absolute atomic E-state index is 0.135. The Bertz CT molecular complexity index is 655. The molecule has 100 valence electrons. The summed E-state index contributed by atoms with van der Waals surface area (Å²) in [6.45, 7) is 0. The average Bonchev–Trinajstić information content (AvgIpc) is 2.66. The van der Waals surface area contributed by atoms with Gasteiger partial charge in [0.1, 0.15) is 22.0 Å². The molecule has 1 N–H and O–H groups in total. The number of carboxylic acids is 1. The first-order valence-corrected chi connectivity index (χ1v) is 6.04. The summed E-state index contributed by atoms with van der Waals surface area (Å²) in [4.78, 5) is 15.0. The summed E-state index contributed by atoms with van der Waals surface area (Å²) in [7, 11) is 3.08. The van der Waals surface area contributed by atoms with Crippen LogP contribution in [0.2, 0.25) is 0 Å². The van der Waals surface area contributed by atoms with Crippen molar-refractivity contribution >= 4 is 21.9 Å². The third-order valence-corrected chi connectivity index (χ3v) is 3.54. The van der Waals surface area contributed by atoms with E-state index >= 15 is 0 Å². The van der Waals surface area contributed by atoms with E-state index in [-0.39, 0.29) is 5.69 Å². The Kier molecular flexibility index (Phi) is 3.57. The lowest BCUT2D eigenvalue weighted by Gasteiger charge is -2.08. The lowest BCUT2D eigenvalue weighted by Crippen LogP contribution is -1.97. The molecular weight excluding hydrogens is 319 g/mol. The summed E-state index contributed by atoms with van der Waals surface area (Å²) in [5.74, 6) is -0.893. The molecule has 1 aromatic carbocycles. The average molecular weight is 329 g/mol. The van der Waals surface area contributed by atoms with Gasteiger partial charge in [-0.1, -0.05) is 0 Å². The SMILES string of the molecule is COc1ccc(F)cc1-c1nc(C(=O)O)c(Br)n1C. The number of aromatic nitrogens is 2.